The number of amides is 1. The van der Waals surface area contributed by atoms with Crippen molar-refractivity contribution in [2.24, 2.45) is 0 Å². The van der Waals surface area contributed by atoms with Gasteiger partial charge in [0.15, 0.2) is 5.16 Å². The predicted molar refractivity (Wildman–Crippen MR) is 108 cm³/mol. The Morgan fingerprint density at radius 2 is 2.00 bits per heavy atom. The number of aryl methyl sites for hydroxylation is 1. The highest BCUT2D eigenvalue weighted by Crippen LogP contribution is 2.25. The Morgan fingerprint density at radius 3 is 2.81 bits per heavy atom. The van der Waals surface area contributed by atoms with E-state index in [0.29, 0.717) is 19.2 Å². The molecule has 4 rings (SSSR count). The van der Waals surface area contributed by atoms with Gasteiger partial charge >= 0.3 is 0 Å². The molecular weight excluding hydrogens is 358 g/mol. The Balaban J connectivity index is 1.43. The molecule has 0 bridgehead atoms. The van der Waals surface area contributed by atoms with Gasteiger partial charge in [0, 0.05) is 11.8 Å². The van der Waals surface area contributed by atoms with Gasteiger partial charge in [0.2, 0.25) is 5.91 Å². The van der Waals surface area contributed by atoms with Gasteiger partial charge in [-0.2, -0.15) is 0 Å². The number of carbonyl (C=O) groups excluding carboxylic acids is 1. The summed E-state index contributed by atoms with van der Waals surface area (Å²) in [6, 6.07) is 16.3. The molecule has 1 saturated carbocycles. The van der Waals surface area contributed by atoms with Crippen LogP contribution in [0.3, 0.4) is 0 Å². The van der Waals surface area contributed by atoms with Crippen LogP contribution in [0.2, 0.25) is 0 Å². The van der Waals surface area contributed by atoms with Crippen molar-refractivity contribution in [3.63, 3.8) is 0 Å². The first-order chi connectivity index (χ1) is 13.2. The molecule has 1 aliphatic carbocycles. The predicted octanol–water partition coefficient (Wildman–Crippen LogP) is 3.79. The average Bonchev–Trinajstić information content (AvgIpc) is 3.41. The van der Waals surface area contributed by atoms with Crippen molar-refractivity contribution in [2.45, 2.75) is 37.5 Å². The number of para-hydroxylation sites is 3. The molecule has 3 aromatic rings. The van der Waals surface area contributed by atoms with E-state index in [9.17, 15) is 4.79 Å². The van der Waals surface area contributed by atoms with Gasteiger partial charge in [0.25, 0.3) is 0 Å². The first-order valence-corrected chi connectivity index (χ1v) is 10.2. The minimum absolute atomic E-state index is 0.0543. The highest BCUT2D eigenvalue weighted by Gasteiger charge is 2.24. The van der Waals surface area contributed by atoms with Crippen molar-refractivity contribution in [3.05, 3.63) is 54.1 Å². The molecule has 0 atom stereocenters. The molecule has 1 N–H and O–H groups in total. The molecule has 1 aliphatic rings. The molecule has 0 spiro atoms. The van der Waals surface area contributed by atoms with Gasteiger partial charge in [0.1, 0.15) is 12.3 Å². The van der Waals surface area contributed by atoms with Crippen LogP contribution >= 0.6 is 11.8 Å². The number of nitrogens with zero attached hydrogens (tertiary/aromatic N) is 2. The van der Waals surface area contributed by atoms with E-state index >= 15 is 0 Å². The molecule has 0 saturated heterocycles. The lowest BCUT2D eigenvalue weighted by atomic mass is 10.2. The van der Waals surface area contributed by atoms with Crippen molar-refractivity contribution in [1.82, 2.24) is 14.9 Å². The fraction of sp³-hybridized carbons (Fsp3) is 0.333. The van der Waals surface area contributed by atoms with Crippen molar-refractivity contribution in [3.8, 4) is 5.75 Å². The van der Waals surface area contributed by atoms with Gasteiger partial charge in [-0.1, -0.05) is 42.1 Å². The Hall–Kier alpha value is -2.47. The second-order valence-corrected chi connectivity index (χ2v) is 7.84. The zero-order valence-corrected chi connectivity index (χ0v) is 16.2. The van der Waals surface area contributed by atoms with Gasteiger partial charge in [-0.05, 0) is 43.5 Å². The van der Waals surface area contributed by atoms with Crippen LogP contribution in [-0.4, -0.2) is 33.9 Å². The molecule has 2 aromatic carbocycles. The first-order valence-electron chi connectivity index (χ1n) is 9.26. The van der Waals surface area contributed by atoms with Crippen LogP contribution in [0.1, 0.15) is 18.4 Å². The molecule has 1 aromatic heterocycles. The van der Waals surface area contributed by atoms with E-state index in [1.165, 1.54) is 0 Å². The van der Waals surface area contributed by atoms with Crippen molar-refractivity contribution in [2.75, 3.05) is 12.4 Å². The smallest absolute Gasteiger partial charge is 0.240 e. The van der Waals surface area contributed by atoms with Gasteiger partial charge < -0.3 is 14.6 Å². The lowest BCUT2D eigenvalue weighted by molar-refractivity contribution is -0.121. The highest BCUT2D eigenvalue weighted by atomic mass is 32.2. The Bertz CT molecular complexity index is 950. The van der Waals surface area contributed by atoms with E-state index in [-0.39, 0.29) is 5.91 Å². The summed E-state index contributed by atoms with van der Waals surface area (Å²) < 4.78 is 7.88. The molecule has 6 heteroatoms. The van der Waals surface area contributed by atoms with Crippen LogP contribution in [0.25, 0.3) is 11.0 Å². The van der Waals surface area contributed by atoms with Crippen LogP contribution in [-0.2, 0) is 11.3 Å². The quantitative estimate of drug-likeness (QED) is 0.476. The molecular formula is C21H23N3O2S. The third-order valence-corrected chi connectivity index (χ3v) is 5.47. The number of benzene rings is 2. The SMILES string of the molecule is Cc1ccccc1OCCSc1nc2ccccc2n1CC(=O)NC1CC1. The Labute approximate surface area is 163 Å². The lowest BCUT2D eigenvalue weighted by Gasteiger charge is -2.10. The number of thioether (sulfide) groups is 1. The molecule has 1 fully saturated rings. The number of carbonyl (C=O) groups is 1. The van der Waals surface area contributed by atoms with Crippen molar-refractivity contribution in [1.29, 1.82) is 0 Å². The van der Waals surface area contributed by atoms with Crippen molar-refractivity contribution < 1.29 is 9.53 Å². The minimum Gasteiger partial charge on any atom is -0.492 e. The van der Waals surface area contributed by atoms with E-state index in [4.69, 9.17) is 9.72 Å². The molecule has 140 valence electrons. The van der Waals surface area contributed by atoms with E-state index in [1.54, 1.807) is 11.8 Å². The van der Waals surface area contributed by atoms with Crippen molar-refractivity contribution >= 4 is 28.7 Å². The summed E-state index contributed by atoms with van der Waals surface area (Å²) in [5.74, 6) is 1.73. The van der Waals surface area contributed by atoms with E-state index in [0.717, 1.165) is 46.1 Å². The molecule has 0 radical (unpaired) electrons. The monoisotopic (exact) mass is 381 g/mol. The first kappa shape index (κ1) is 17.9. The maximum atomic E-state index is 12.3. The summed E-state index contributed by atoms with van der Waals surface area (Å²) in [6.45, 7) is 2.94. The zero-order valence-electron chi connectivity index (χ0n) is 15.4. The van der Waals surface area contributed by atoms with Crippen LogP contribution < -0.4 is 10.1 Å². The second kappa shape index (κ2) is 8.05. The van der Waals surface area contributed by atoms with E-state index in [2.05, 4.69) is 5.32 Å². The molecule has 1 heterocycles. The van der Waals surface area contributed by atoms with E-state index < -0.39 is 0 Å². The summed E-state index contributed by atoms with van der Waals surface area (Å²) in [4.78, 5) is 17.0. The number of ether oxygens (including phenoxy) is 1. The van der Waals surface area contributed by atoms with Gasteiger partial charge in [-0.25, -0.2) is 4.98 Å². The summed E-state index contributed by atoms with van der Waals surface area (Å²) >= 11 is 1.62. The number of aromatic nitrogens is 2. The van der Waals surface area contributed by atoms with Gasteiger partial charge in [-0.15, -0.1) is 0 Å². The van der Waals surface area contributed by atoms with Crippen LogP contribution in [0.5, 0.6) is 5.75 Å². The topological polar surface area (TPSA) is 56.2 Å². The van der Waals surface area contributed by atoms with Gasteiger partial charge in [0.05, 0.1) is 17.6 Å². The van der Waals surface area contributed by atoms with Crippen LogP contribution in [0.4, 0.5) is 0 Å². The highest BCUT2D eigenvalue weighted by molar-refractivity contribution is 7.99. The molecule has 1 amide bonds. The summed E-state index contributed by atoms with van der Waals surface area (Å²) in [6.07, 6.45) is 2.18. The number of fused-ring (bicyclic) bond motifs is 1. The minimum atomic E-state index is 0.0543. The standard InChI is InChI=1S/C21H23N3O2S/c1-15-6-2-5-9-19(15)26-12-13-27-21-23-17-7-3-4-8-18(17)24(21)14-20(25)22-16-10-11-16/h2-9,16H,10-14H2,1H3,(H,22,25). The number of imidazole rings is 1. The average molecular weight is 382 g/mol. The van der Waals surface area contributed by atoms with Crippen LogP contribution in [0.15, 0.2) is 53.7 Å². The summed E-state index contributed by atoms with van der Waals surface area (Å²) in [5, 5.41) is 3.91. The Kier molecular flexibility index (Phi) is 5.34. The maximum Gasteiger partial charge on any atom is 0.240 e. The third kappa shape index (κ3) is 4.45. The fourth-order valence-electron chi connectivity index (χ4n) is 2.96. The normalized spacial score (nSPS) is 13.7. The summed E-state index contributed by atoms with van der Waals surface area (Å²) in [7, 11) is 0. The van der Waals surface area contributed by atoms with E-state index in [1.807, 2.05) is 60.0 Å². The number of hydrogen-bond donors (Lipinski definition) is 1. The number of hydrogen-bond acceptors (Lipinski definition) is 4. The molecule has 27 heavy (non-hydrogen) atoms. The second-order valence-electron chi connectivity index (χ2n) is 6.77. The third-order valence-electron chi connectivity index (χ3n) is 4.53. The fourth-order valence-corrected chi connectivity index (χ4v) is 3.79. The number of nitrogens with one attached hydrogen (secondary N) is 1. The lowest BCUT2D eigenvalue weighted by Crippen LogP contribution is -2.29. The maximum absolute atomic E-state index is 12.3. The summed E-state index contributed by atoms with van der Waals surface area (Å²) in [5.41, 5.74) is 3.04. The van der Waals surface area contributed by atoms with Crippen LogP contribution in [0, 0.1) is 6.92 Å². The molecule has 5 nitrogen and oxygen atoms in total. The van der Waals surface area contributed by atoms with Gasteiger partial charge in [-0.3, -0.25) is 4.79 Å². The zero-order chi connectivity index (χ0) is 18.6. The number of rotatable bonds is 8. The molecule has 0 aliphatic heterocycles. The molecule has 0 unspecified atom stereocenters. The largest absolute Gasteiger partial charge is 0.492 e. The Morgan fingerprint density at radius 1 is 1.22 bits per heavy atom.